The molecule has 0 saturated carbocycles. The van der Waals surface area contributed by atoms with Crippen LogP contribution in [0.1, 0.15) is 31.1 Å². The number of ether oxygens (including phenoxy) is 1. The largest absolute Gasteiger partial charge is 0.459 e. The van der Waals surface area contributed by atoms with Gasteiger partial charge in [0.05, 0.1) is 12.1 Å². The van der Waals surface area contributed by atoms with Crippen molar-refractivity contribution in [2.75, 3.05) is 5.73 Å². The van der Waals surface area contributed by atoms with Crippen molar-refractivity contribution in [3.63, 3.8) is 0 Å². The van der Waals surface area contributed by atoms with Gasteiger partial charge in [-0.2, -0.15) is 5.10 Å². The fraction of sp³-hybridized carbons (Fsp3) is 0.333. The van der Waals surface area contributed by atoms with Gasteiger partial charge in [-0.15, -0.1) is 0 Å². The molecular formula is C15H19N3O2. The Morgan fingerprint density at radius 1 is 1.30 bits per heavy atom. The van der Waals surface area contributed by atoms with E-state index in [2.05, 4.69) is 5.10 Å². The number of carbonyl (C=O) groups excluding carboxylic acids is 1. The molecule has 20 heavy (non-hydrogen) atoms. The molecule has 2 N–H and O–H groups in total. The highest BCUT2D eigenvalue weighted by atomic mass is 16.5. The number of rotatable bonds is 5. The normalized spacial score (nSPS) is 10.8. The summed E-state index contributed by atoms with van der Waals surface area (Å²) >= 11 is 0. The smallest absolute Gasteiger partial charge is 0.310 e. The molecule has 2 rings (SSSR count). The number of hydrogen-bond donors (Lipinski definition) is 1. The molecular weight excluding hydrogens is 254 g/mol. The Balaban J connectivity index is 1.84. The first-order valence-electron chi connectivity index (χ1n) is 6.58. The standard InChI is InChI=1S/C15H19N3O2/c1-11(2)18-8-7-14(17-18)10-20-15(19)9-12-3-5-13(16)6-4-12/h3-8,11H,9-10,16H2,1-2H3. The summed E-state index contributed by atoms with van der Waals surface area (Å²) in [5.74, 6) is -0.270. The first kappa shape index (κ1) is 14.1. The van der Waals surface area contributed by atoms with Crippen LogP contribution in [-0.4, -0.2) is 15.7 Å². The molecule has 1 aromatic carbocycles. The number of hydrogen-bond acceptors (Lipinski definition) is 4. The molecule has 0 radical (unpaired) electrons. The molecule has 0 amide bonds. The Bertz CT molecular complexity index is 573. The summed E-state index contributed by atoms with van der Waals surface area (Å²) < 4.78 is 7.05. The minimum Gasteiger partial charge on any atom is -0.459 e. The zero-order chi connectivity index (χ0) is 14.5. The maximum absolute atomic E-state index is 11.7. The van der Waals surface area contributed by atoms with E-state index in [1.54, 1.807) is 12.1 Å². The first-order chi connectivity index (χ1) is 9.54. The lowest BCUT2D eigenvalue weighted by molar-refractivity contribution is -0.144. The van der Waals surface area contributed by atoms with Gasteiger partial charge in [0.15, 0.2) is 0 Å². The van der Waals surface area contributed by atoms with E-state index in [4.69, 9.17) is 10.5 Å². The second-order valence-corrected chi connectivity index (χ2v) is 4.96. The zero-order valence-corrected chi connectivity index (χ0v) is 11.7. The SMILES string of the molecule is CC(C)n1ccc(COC(=O)Cc2ccc(N)cc2)n1. The van der Waals surface area contributed by atoms with E-state index in [-0.39, 0.29) is 19.0 Å². The lowest BCUT2D eigenvalue weighted by Crippen LogP contribution is -2.09. The second-order valence-electron chi connectivity index (χ2n) is 4.96. The summed E-state index contributed by atoms with van der Waals surface area (Å²) in [6.45, 7) is 4.29. The third-order valence-corrected chi connectivity index (χ3v) is 2.90. The molecule has 0 atom stereocenters. The Morgan fingerprint density at radius 3 is 2.60 bits per heavy atom. The van der Waals surface area contributed by atoms with Crippen LogP contribution in [0.5, 0.6) is 0 Å². The van der Waals surface area contributed by atoms with Gasteiger partial charge >= 0.3 is 5.97 Å². The van der Waals surface area contributed by atoms with Crippen molar-refractivity contribution in [2.45, 2.75) is 32.9 Å². The highest BCUT2D eigenvalue weighted by Crippen LogP contribution is 2.08. The van der Waals surface area contributed by atoms with Crippen LogP contribution in [0.4, 0.5) is 5.69 Å². The summed E-state index contributed by atoms with van der Waals surface area (Å²) in [5.41, 5.74) is 7.91. The summed E-state index contributed by atoms with van der Waals surface area (Å²) in [6, 6.07) is 9.35. The number of carbonyl (C=O) groups is 1. The molecule has 0 aliphatic heterocycles. The Kier molecular flexibility index (Phi) is 4.40. The number of nitrogens with two attached hydrogens (primary N) is 1. The van der Waals surface area contributed by atoms with Crippen LogP contribution < -0.4 is 5.73 Å². The highest BCUT2D eigenvalue weighted by Gasteiger charge is 2.07. The van der Waals surface area contributed by atoms with Crippen LogP contribution >= 0.6 is 0 Å². The van der Waals surface area contributed by atoms with E-state index < -0.39 is 0 Å². The van der Waals surface area contributed by atoms with Crippen molar-refractivity contribution in [3.8, 4) is 0 Å². The lowest BCUT2D eigenvalue weighted by atomic mass is 10.1. The topological polar surface area (TPSA) is 70.1 Å². The first-order valence-corrected chi connectivity index (χ1v) is 6.58. The van der Waals surface area contributed by atoms with E-state index in [1.807, 2.05) is 42.9 Å². The molecule has 5 nitrogen and oxygen atoms in total. The number of benzene rings is 1. The lowest BCUT2D eigenvalue weighted by Gasteiger charge is -2.05. The second kappa shape index (κ2) is 6.23. The summed E-state index contributed by atoms with van der Waals surface area (Å²) in [6.07, 6.45) is 2.12. The van der Waals surface area contributed by atoms with E-state index in [1.165, 1.54) is 0 Å². The third kappa shape index (κ3) is 3.85. The third-order valence-electron chi connectivity index (χ3n) is 2.90. The average Bonchev–Trinajstić information content (AvgIpc) is 2.88. The quantitative estimate of drug-likeness (QED) is 0.670. The number of esters is 1. The summed E-state index contributed by atoms with van der Waals surface area (Å²) in [7, 11) is 0. The van der Waals surface area contributed by atoms with Gasteiger partial charge in [-0.05, 0) is 37.6 Å². The van der Waals surface area contributed by atoms with Crippen LogP contribution in [0.15, 0.2) is 36.5 Å². The molecule has 0 aliphatic carbocycles. The van der Waals surface area contributed by atoms with Crippen molar-refractivity contribution >= 4 is 11.7 Å². The number of nitrogens with zero attached hydrogens (tertiary/aromatic N) is 2. The molecule has 0 spiro atoms. The van der Waals surface area contributed by atoms with Crippen LogP contribution in [0.3, 0.4) is 0 Å². The maximum Gasteiger partial charge on any atom is 0.310 e. The number of nitrogen functional groups attached to an aromatic ring is 1. The molecule has 0 unspecified atom stereocenters. The molecule has 0 bridgehead atoms. The molecule has 0 aliphatic rings. The number of anilines is 1. The van der Waals surface area contributed by atoms with Crippen molar-refractivity contribution in [3.05, 3.63) is 47.8 Å². The van der Waals surface area contributed by atoms with Crippen molar-refractivity contribution in [1.82, 2.24) is 9.78 Å². The average molecular weight is 273 g/mol. The minimum atomic E-state index is -0.270. The van der Waals surface area contributed by atoms with E-state index >= 15 is 0 Å². The molecule has 1 heterocycles. The predicted molar refractivity (Wildman–Crippen MR) is 77.0 cm³/mol. The van der Waals surface area contributed by atoms with E-state index in [9.17, 15) is 4.79 Å². The van der Waals surface area contributed by atoms with Crippen LogP contribution in [0.2, 0.25) is 0 Å². The predicted octanol–water partition coefficient (Wildman–Crippen LogP) is 2.33. The fourth-order valence-electron chi connectivity index (χ4n) is 1.75. The van der Waals surface area contributed by atoms with Gasteiger partial charge in [0.1, 0.15) is 6.61 Å². The molecule has 1 aromatic heterocycles. The summed E-state index contributed by atoms with van der Waals surface area (Å²) in [4.78, 5) is 11.7. The molecule has 5 heteroatoms. The van der Waals surface area contributed by atoms with Gasteiger partial charge < -0.3 is 10.5 Å². The Morgan fingerprint density at radius 2 is 2.00 bits per heavy atom. The Labute approximate surface area is 118 Å². The highest BCUT2D eigenvalue weighted by molar-refractivity contribution is 5.72. The molecule has 2 aromatic rings. The van der Waals surface area contributed by atoms with E-state index in [0.717, 1.165) is 11.3 Å². The zero-order valence-electron chi connectivity index (χ0n) is 11.7. The van der Waals surface area contributed by atoms with Crippen molar-refractivity contribution in [1.29, 1.82) is 0 Å². The van der Waals surface area contributed by atoms with Crippen LogP contribution in [0, 0.1) is 0 Å². The van der Waals surface area contributed by atoms with Crippen LogP contribution in [0.25, 0.3) is 0 Å². The van der Waals surface area contributed by atoms with Gasteiger partial charge in [0.25, 0.3) is 0 Å². The van der Waals surface area contributed by atoms with Crippen molar-refractivity contribution in [2.24, 2.45) is 0 Å². The van der Waals surface area contributed by atoms with Crippen LogP contribution in [-0.2, 0) is 22.6 Å². The maximum atomic E-state index is 11.7. The fourth-order valence-corrected chi connectivity index (χ4v) is 1.75. The van der Waals surface area contributed by atoms with Gasteiger partial charge in [-0.25, -0.2) is 0 Å². The van der Waals surface area contributed by atoms with Gasteiger partial charge in [-0.1, -0.05) is 12.1 Å². The molecule has 0 fully saturated rings. The Hall–Kier alpha value is -2.30. The minimum absolute atomic E-state index is 0.202. The number of aromatic nitrogens is 2. The van der Waals surface area contributed by atoms with Gasteiger partial charge in [0.2, 0.25) is 0 Å². The van der Waals surface area contributed by atoms with E-state index in [0.29, 0.717) is 11.7 Å². The van der Waals surface area contributed by atoms with Gasteiger partial charge in [0, 0.05) is 17.9 Å². The molecule has 0 saturated heterocycles. The monoisotopic (exact) mass is 273 g/mol. The molecule has 106 valence electrons. The van der Waals surface area contributed by atoms with Gasteiger partial charge in [-0.3, -0.25) is 9.48 Å². The summed E-state index contributed by atoms with van der Waals surface area (Å²) in [5, 5.41) is 4.32. The van der Waals surface area contributed by atoms with Crippen molar-refractivity contribution < 1.29 is 9.53 Å².